The lowest BCUT2D eigenvalue weighted by molar-refractivity contribution is 0.119. The minimum absolute atomic E-state index is 0.0825. The van der Waals surface area contributed by atoms with E-state index in [1.54, 1.807) is 10.6 Å². The molecule has 4 rings (SSSR count). The van der Waals surface area contributed by atoms with Gasteiger partial charge in [-0.3, -0.25) is 4.57 Å². The Hall–Kier alpha value is -2.71. The zero-order valence-electron chi connectivity index (χ0n) is 16.0. The van der Waals surface area contributed by atoms with Crippen molar-refractivity contribution in [3.63, 3.8) is 0 Å². The number of hydrogen-bond donors (Lipinski definition) is 4. The second-order valence-corrected chi connectivity index (χ2v) is 7.64. The van der Waals surface area contributed by atoms with Crippen LogP contribution < -0.4 is 11.0 Å². The van der Waals surface area contributed by atoms with Gasteiger partial charge in [0.05, 0.1) is 17.1 Å². The van der Waals surface area contributed by atoms with E-state index in [4.69, 9.17) is 0 Å². The van der Waals surface area contributed by atoms with Gasteiger partial charge in [-0.05, 0) is 43.9 Å². The highest BCUT2D eigenvalue weighted by Crippen LogP contribution is 2.30. The van der Waals surface area contributed by atoms with Gasteiger partial charge in [0.15, 0.2) is 11.6 Å². The van der Waals surface area contributed by atoms with Crippen LogP contribution in [-0.4, -0.2) is 31.8 Å². The van der Waals surface area contributed by atoms with Crippen LogP contribution in [0.1, 0.15) is 37.0 Å². The van der Waals surface area contributed by atoms with Crippen molar-refractivity contribution in [2.45, 2.75) is 50.9 Å². The van der Waals surface area contributed by atoms with E-state index in [0.717, 1.165) is 11.6 Å². The van der Waals surface area contributed by atoms with Crippen LogP contribution >= 0.6 is 0 Å². The minimum atomic E-state index is -1.23. The number of aliphatic hydroxyl groups excluding tert-OH is 1. The molecule has 8 heteroatoms. The van der Waals surface area contributed by atoms with Crippen molar-refractivity contribution in [3.8, 4) is 5.75 Å². The summed E-state index contributed by atoms with van der Waals surface area (Å²) in [6, 6.07) is 7.59. The Morgan fingerprint density at radius 3 is 2.86 bits per heavy atom. The first kappa shape index (κ1) is 19.6. The number of benzene rings is 2. The van der Waals surface area contributed by atoms with Crippen LogP contribution in [0, 0.1) is 11.6 Å². The largest absolute Gasteiger partial charge is 0.505 e. The Balaban J connectivity index is 1.47. The Kier molecular flexibility index (Phi) is 5.14. The van der Waals surface area contributed by atoms with Crippen LogP contribution in [0.15, 0.2) is 35.1 Å². The first-order valence-electron chi connectivity index (χ1n) is 9.68. The summed E-state index contributed by atoms with van der Waals surface area (Å²) in [6.07, 6.45) is 0.555. The molecule has 0 bridgehead atoms. The highest BCUT2D eigenvalue weighted by Gasteiger charge is 2.29. The van der Waals surface area contributed by atoms with Crippen LogP contribution in [0.25, 0.3) is 11.0 Å². The summed E-state index contributed by atoms with van der Waals surface area (Å²) < 4.78 is 29.1. The molecule has 2 aromatic carbocycles. The molecule has 0 saturated heterocycles. The van der Waals surface area contributed by atoms with Crippen molar-refractivity contribution in [1.29, 1.82) is 0 Å². The highest BCUT2D eigenvalue weighted by molar-refractivity contribution is 5.79. The molecule has 0 saturated carbocycles. The summed E-state index contributed by atoms with van der Waals surface area (Å²) >= 11 is 0. The predicted molar refractivity (Wildman–Crippen MR) is 105 cm³/mol. The number of halogens is 2. The summed E-state index contributed by atoms with van der Waals surface area (Å²) in [4.78, 5) is 15.0. The molecule has 0 spiro atoms. The molecule has 1 aliphatic rings. The van der Waals surface area contributed by atoms with Gasteiger partial charge in [0.25, 0.3) is 0 Å². The van der Waals surface area contributed by atoms with Crippen molar-refractivity contribution in [2.24, 2.45) is 0 Å². The Morgan fingerprint density at radius 2 is 2.07 bits per heavy atom. The summed E-state index contributed by atoms with van der Waals surface area (Å²) in [6.45, 7) is 2.38. The van der Waals surface area contributed by atoms with E-state index in [0.29, 0.717) is 30.5 Å². The second kappa shape index (κ2) is 7.61. The molecule has 3 unspecified atom stereocenters. The number of aryl methyl sites for hydroxylation is 2. The number of nitrogens with zero attached hydrogens (tertiary/aromatic N) is 1. The third-order valence-electron chi connectivity index (χ3n) is 5.67. The summed E-state index contributed by atoms with van der Waals surface area (Å²) in [5.41, 5.74) is 2.11. The second-order valence-electron chi connectivity index (χ2n) is 7.64. The van der Waals surface area contributed by atoms with Crippen molar-refractivity contribution in [1.82, 2.24) is 14.9 Å². The lowest BCUT2D eigenvalue weighted by atomic mass is 9.98. The minimum Gasteiger partial charge on any atom is -0.505 e. The number of aromatic amines is 1. The van der Waals surface area contributed by atoms with Crippen molar-refractivity contribution >= 4 is 11.0 Å². The monoisotopic (exact) mass is 403 g/mol. The lowest BCUT2D eigenvalue weighted by Crippen LogP contribution is -2.41. The molecule has 1 aromatic heterocycles. The molecule has 1 aliphatic heterocycles. The van der Waals surface area contributed by atoms with Crippen LogP contribution in [0.5, 0.6) is 5.75 Å². The number of H-pyrrole nitrogens is 1. The fourth-order valence-electron chi connectivity index (χ4n) is 4.11. The number of aromatic hydroxyl groups is 1. The number of imidazole rings is 1. The zero-order valence-corrected chi connectivity index (χ0v) is 16.0. The first-order chi connectivity index (χ1) is 13.9. The third-order valence-corrected chi connectivity index (χ3v) is 5.67. The van der Waals surface area contributed by atoms with Gasteiger partial charge in [-0.1, -0.05) is 18.2 Å². The van der Waals surface area contributed by atoms with Crippen LogP contribution in [0.2, 0.25) is 0 Å². The summed E-state index contributed by atoms with van der Waals surface area (Å²) in [7, 11) is 0. The third kappa shape index (κ3) is 3.54. The van der Waals surface area contributed by atoms with Gasteiger partial charge in [-0.25, -0.2) is 9.18 Å². The number of rotatable bonds is 5. The molecule has 0 fully saturated rings. The van der Waals surface area contributed by atoms with E-state index >= 15 is 0 Å². The maximum Gasteiger partial charge on any atom is 0.326 e. The smallest absolute Gasteiger partial charge is 0.326 e. The molecule has 4 N–H and O–H groups in total. The van der Waals surface area contributed by atoms with E-state index in [-0.39, 0.29) is 29.8 Å². The molecular formula is C21H23F2N3O3. The number of phenolic OH excluding ortho intramolecular Hbond substituents is 1. The SMILES string of the molecule is CC(CCc1ccc(O)c(F)c1F)NC1CCn2c(=O)[nH]c3cccc(c32)C1O. The number of aliphatic hydroxyl groups is 1. The summed E-state index contributed by atoms with van der Waals surface area (Å²) in [5.74, 6) is -2.97. The maximum absolute atomic E-state index is 13.9. The average Bonchev–Trinajstić information content (AvgIpc) is 2.95. The molecular weight excluding hydrogens is 380 g/mol. The van der Waals surface area contributed by atoms with Gasteiger partial charge in [0.1, 0.15) is 0 Å². The molecule has 3 atom stereocenters. The van der Waals surface area contributed by atoms with Crippen molar-refractivity contribution in [2.75, 3.05) is 0 Å². The van der Waals surface area contributed by atoms with E-state index in [9.17, 15) is 23.8 Å². The van der Waals surface area contributed by atoms with Gasteiger partial charge in [0, 0.05) is 24.2 Å². The topological polar surface area (TPSA) is 90.3 Å². The van der Waals surface area contributed by atoms with Crippen LogP contribution in [0.4, 0.5) is 8.78 Å². The number of hydrogen-bond acceptors (Lipinski definition) is 4. The highest BCUT2D eigenvalue weighted by atomic mass is 19.2. The van der Waals surface area contributed by atoms with Crippen molar-refractivity contribution < 1.29 is 19.0 Å². The van der Waals surface area contributed by atoms with Crippen LogP contribution in [-0.2, 0) is 13.0 Å². The molecule has 2 heterocycles. The number of nitrogens with one attached hydrogen (secondary N) is 2. The number of phenols is 1. The predicted octanol–water partition coefficient (Wildman–Crippen LogP) is 2.73. The van der Waals surface area contributed by atoms with E-state index in [1.807, 2.05) is 19.1 Å². The number of para-hydroxylation sites is 1. The zero-order chi connectivity index (χ0) is 20.7. The maximum atomic E-state index is 13.9. The Bertz CT molecular complexity index is 1110. The lowest BCUT2D eigenvalue weighted by Gasteiger charge is -2.26. The molecule has 0 aliphatic carbocycles. The Morgan fingerprint density at radius 1 is 1.28 bits per heavy atom. The van der Waals surface area contributed by atoms with Gasteiger partial charge >= 0.3 is 5.69 Å². The quantitative estimate of drug-likeness (QED) is 0.527. The van der Waals surface area contributed by atoms with Crippen molar-refractivity contribution in [3.05, 3.63) is 63.6 Å². The molecule has 154 valence electrons. The molecule has 0 amide bonds. The Labute approximate surface area is 165 Å². The van der Waals surface area contributed by atoms with Gasteiger partial charge in [0.2, 0.25) is 5.82 Å². The fraction of sp³-hybridized carbons (Fsp3) is 0.381. The summed E-state index contributed by atoms with van der Waals surface area (Å²) in [5, 5.41) is 23.5. The van der Waals surface area contributed by atoms with Gasteiger partial charge < -0.3 is 20.5 Å². The molecule has 6 nitrogen and oxygen atoms in total. The van der Waals surface area contributed by atoms with Gasteiger partial charge in [-0.15, -0.1) is 0 Å². The standard InChI is InChI=1S/C21H23F2N3O3/c1-11(5-6-12-7-8-16(27)18(23)17(12)22)24-15-9-10-26-19-13(20(15)28)3-2-4-14(19)25-21(26)29/h2-4,7-8,11,15,20,24,27-28H,5-6,9-10H2,1H3,(H,25,29). The number of aromatic nitrogens is 2. The van der Waals surface area contributed by atoms with Gasteiger partial charge in [-0.2, -0.15) is 4.39 Å². The molecule has 3 aromatic rings. The van der Waals surface area contributed by atoms with E-state index < -0.39 is 23.5 Å². The molecule has 0 radical (unpaired) electrons. The molecule has 29 heavy (non-hydrogen) atoms. The van der Waals surface area contributed by atoms with Crippen LogP contribution in [0.3, 0.4) is 0 Å². The average molecular weight is 403 g/mol. The van der Waals surface area contributed by atoms with E-state index in [1.165, 1.54) is 6.07 Å². The normalized spacial score (nSPS) is 20.0. The van der Waals surface area contributed by atoms with E-state index in [2.05, 4.69) is 10.3 Å². The fourth-order valence-corrected chi connectivity index (χ4v) is 4.11. The first-order valence-corrected chi connectivity index (χ1v) is 9.68.